The van der Waals surface area contributed by atoms with E-state index >= 15 is 0 Å². The van der Waals surface area contributed by atoms with Crippen molar-refractivity contribution in [3.8, 4) is 0 Å². The van der Waals surface area contributed by atoms with Crippen LogP contribution in [0.1, 0.15) is 22.9 Å². The van der Waals surface area contributed by atoms with Crippen molar-refractivity contribution in [2.45, 2.75) is 26.5 Å². The molecule has 2 aromatic rings. The van der Waals surface area contributed by atoms with Gasteiger partial charge in [0.1, 0.15) is 0 Å². The lowest BCUT2D eigenvalue weighted by molar-refractivity contribution is 0.134. The molecule has 1 aromatic carbocycles. The van der Waals surface area contributed by atoms with Crippen LogP contribution in [0.2, 0.25) is 0 Å². The highest BCUT2D eigenvalue weighted by Crippen LogP contribution is 2.10. The summed E-state index contributed by atoms with van der Waals surface area (Å²) in [5.41, 5.74) is 2.45. The van der Waals surface area contributed by atoms with Crippen LogP contribution in [0.25, 0.3) is 0 Å². The molecule has 1 N–H and O–H groups in total. The Bertz CT molecular complexity index is 608. The molecule has 0 atom stereocenters. The highest BCUT2D eigenvalue weighted by molar-refractivity contribution is 7.09. The lowest BCUT2D eigenvalue weighted by Gasteiger charge is -2.22. The molecule has 0 radical (unpaired) electrons. The van der Waals surface area contributed by atoms with Crippen LogP contribution in [0.15, 0.2) is 46.8 Å². The Morgan fingerprint density at radius 2 is 1.96 bits per heavy atom. The molecular weight excluding hydrogens is 318 g/mol. The molecular formula is C19H27N3OS. The topological polar surface area (TPSA) is 36.9 Å². The molecule has 0 fully saturated rings. The molecule has 1 aromatic heterocycles. The second-order valence-corrected chi connectivity index (χ2v) is 6.64. The first-order chi connectivity index (χ1) is 11.7. The molecule has 2 rings (SSSR count). The molecule has 0 saturated carbocycles. The molecule has 1 heterocycles. The summed E-state index contributed by atoms with van der Waals surface area (Å²) in [6, 6.07) is 12.8. The quantitative estimate of drug-likeness (QED) is 0.587. The molecule has 0 saturated heterocycles. The monoisotopic (exact) mass is 345 g/mol. The average Bonchev–Trinajstić information content (AvgIpc) is 3.13. The van der Waals surface area contributed by atoms with Crippen LogP contribution in [0.5, 0.6) is 0 Å². The van der Waals surface area contributed by atoms with Gasteiger partial charge in [-0.25, -0.2) is 0 Å². The first-order valence-corrected chi connectivity index (χ1v) is 9.20. The Morgan fingerprint density at radius 3 is 2.58 bits per heavy atom. The molecule has 4 nitrogen and oxygen atoms in total. The van der Waals surface area contributed by atoms with E-state index in [-0.39, 0.29) is 0 Å². The van der Waals surface area contributed by atoms with Crippen molar-refractivity contribution in [2.24, 2.45) is 4.99 Å². The molecule has 5 heteroatoms. The van der Waals surface area contributed by atoms with Crippen LogP contribution in [0.4, 0.5) is 0 Å². The zero-order valence-electron chi connectivity index (χ0n) is 14.8. The molecule has 0 aliphatic rings. The zero-order valence-corrected chi connectivity index (χ0v) is 15.6. The van der Waals surface area contributed by atoms with Gasteiger partial charge < -0.3 is 15.0 Å². The lowest BCUT2D eigenvalue weighted by Crippen LogP contribution is -2.39. The van der Waals surface area contributed by atoms with Gasteiger partial charge in [-0.05, 0) is 35.9 Å². The largest absolute Gasteiger partial charge is 0.377 e. The fourth-order valence-corrected chi connectivity index (χ4v) is 3.08. The van der Waals surface area contributed by atoms with Gasteiger partial charge >= 0.3 is 0 Å². The molecule has 0 aliphatic heterocycles. The zero-order chi connectivity index (χ0) is 17.2. The summed E-state index contributed by atoms with van der Waals surface area (Å²) >= 11 is 1.80. The Balaban J connectivity index is 1.79. The van der Waals surface area contributed by atoms with E-state index in [9.17, 15) is 0 Å². The summed E-state index contributed by atoms with van der Waals surface area (Å²) in [7, 11) is 3.91. The third-order valence-electron chi connectivity index (χ3n) is 3.79. The second kappa shape index (κ2) is 10.1. The van der Waals surface area contributed by atoms with Gasteiger partial charge in [0.05, 0.1) is 6.61 Å². The molecule has 0 unspecified atom stereocenters. The molecule has 0 bridgehead atoms. The van der Waals surface area contributed by atoms with E-state index in [1.807, 2.05) is 14.0 Å². The number of hydrogen-bond donors (Lipinski definition) is 1. The van der Waals surface area contributed by atoms with Crippen LogP contribution >= 0.6 is 11.3 Å². The van der Waals surface area contributed by atoms with Crippen molar-refractivity contribution >= 4 is 17.3 Å². The van der Waals surface area contributed by atoms with Crippen molar-refractivity contribution in [3.05, 3.63) is 57.8 Å². The van der Waals surface area contributed by atoms with E-state index in [1.54, 1.807) is 11.3 Å². The van der Waals surface area contributed by atoms with Crippen LogP contribution in [0, 0.1) is 0 Å². The van der Waals surface area contributed by atoms with E-state index in [0.29, 0.717) is 6.61 Å². The molecule has 0 amide bonds. The number of guanidine groups is 1. The number of hydrogen-bond acceptors (Lipinski definition) is 3. The first kappa shape index (κ1) is 18.5. The Kier molecular flexibility index (Phi) is 7.79. The van der Waals surface area contributed by atoms with Crippen molar-refractivity contribution < 1.29 is 4.74 Å². The predicted octanol–water partition coefficient (Wildman–Crippen LogP) is 3.53. The van der Waals surface area contributed by atoms with Gasteiger partial charge in [-0.1, -0.05) is 30.3 Å². The van der Waals surface area contributed by atoms with Gasteiger partial charge in [0, 0.05) is 38.7 Å². The van der Waals surface area contributed by atoms with Crippen molar-refractivity contribution in [2.75, 3.05) is 27.2 Å². The van der Waals surface area contributed by atoms with Gasteiger partial charge in [0.2, 0.25) is 0 Å². The first-order valence-electron chi connectivity index (χ1n) is 8.32. The van der Waals surface area contributed by atoms with Crippen molar-refractivity contribution in [3.63, 3.8) is 0 Å². The standard InChI is InChI=1S/C19H27N3OS/c1-4-23-15-17-9-7-16(8-10-17)14-21-19(20-2)22(3)12-11-18-6-5-13-24-18/h5-10,13H,4,11-12,14-15H2,1-3H3,(H,20,21). The van der Waals surface area contributed by atoms with Gasteiger partial charge in [0.25, 0.3) is 0 Å². The fraction of sp³-hybridized carbons (Fsp3) is 0.421. The Morgan fingerprint density at radius 1 is 1.21 bits per heavy atom. The smallest absolute Gasteiger partial charge is 0.193 e. The third kappa shape index (κ3) is 5.98. The van der Waals surface area contributed by atoms with Crippen LogP contribution in [0.3, 0.4) is 0 Å². The number of rotatable bonds is 8. The molecule has 0 spiro atoms. The summed E-state index contributed by atoms with van der Waals surface area (Å²) < 4.78 is 5.42. The number of ether oxygens (including phenoxy) is 1. The fourth-order valence-electron chi connectivity index (χ4n) is 2.38. The molecule has 0 aliphatic carbocycles. The lowest BCUT2D eigenvalue weighted by atomic mass is 10.1. The van der Waals surface area contributed by atoms with Crippen molar-refractivity contribution in [1.29, 1.82) is 0 Å². The maximum absolute atomic E-state index is 5.42. The minimum atomic E-state index is 0.678. The maximum atomic E-state index is 5.42. The molecule has 24 heavy (non-hydrogen) atoms. The highest BCUT2D eigenvalue weighted by Gasteiger charge is 2.06. The maximum Gasteiger partial charge on any atom is 0.193 e. The summed E-state index contributed by atoms with van der Waals surface area (Å²) in [6.45, 7) is 5.16. The van der Waals surface area contributed by atoms with Crippen molar-refractivity contribution in [1.82, 2.24) is 10.2 Å². The van der Waals surface area contributed by atoms with Crippen LogP contribution in [-0.2, 0) is 24.3 Å². The molecule has 130 valence electrons. The number of nitrogens with zero attached hydrogens (tertiary/aromatic N) is 2. The summed E-state index contributed by atoms with van der Waals surface area (Å²) in [6.07, 6.45) is 1.04. The summed E-state index contributed by atoms with van der Waals surface area (Å²) in [5.74, 6) is 0.921. The van der Waals surface area contributed by atoms with Gasteiger partial charge in [-0.2, -0.15) is 0 Å². The minimum absolute atomic E-state index is 0.678. The number of aliphatic imine (C=N–C) groups is 1. The van der Waals surface area contributed by atoms with Crippen LogP contribution in [-0.4, -0.2) is 38.1 Å². The SMILES string of the molecule is CCOCc1ccc(CNC(=NC)N(C)CCc2cccs2)cc1. The highest BCUT2D eigenvalue weighted by atomic mass is 32.1. The average molecular weight is 346 g/mol. The number of likely N-dealkylation sites (N-methyl/N-ethyl adjacent to an activating group) is 1. The van der Waals surface area contributed by atoms with Gasteiger partial charge in [-0.3, -0.25) is 4.99 Å². The number of thiophene rings is 1. The van der Waals surface area contributed by atoms with E-state index in [4.69, 9.17) is 4.74 Å². The normalized spacial score (nSPS) is 11.5. The minimum Gasteiger partial charge on any atom is -0.377 e. The van der Waals surface area contributed by atoms with E-state index in [2.05, 4.69) is 64.0 Å². The van der Waals surface area contributed by atoms with E-state index in [0.717, 1.165) is 32.1 Å². The summed E-state index contributed by atoms with van der Waals surface area (Å²) in [4.78, 5) is 7.95. The van der Waals surface area contributed by atoms with E-state index < -0.39 is 0 Å². The Labute approximate surface area is 149 Å². The predicted molar refractivity (Wildman–Crippen MR) is 103 cm³/mol. The van der Waals surface area contributed by atoms with Gasteiger partial charge in [0.15, 0.2) is 5.96 Å². The number of benzene rings is 1. The van der Waals surface area contributed by atoms with Crippen LogP contribution < -0.4 is 5.32 Å². The number of nitrogens with one attached hydrogen (secondary N) is 1. The Hall–Kier alpha value is -1.85. The van der Waals surface area contributed by atoms with Gasteiger partial charge in [-0.15, -0.1) is 11.3 Å². The second-order valence-electron chi connectivity index (χ2n) is 5.61. The summed E-state index contributed by atoms with van der Waals surface area (Å²) in [5, 5.41) is 5.55. The van der Waals surface area contributed by atoms with E-state index in [1.165, 1.54) is 16.0 Å². The third-order valence-corrected chi connectivity index (χ3v) is 4.73.